The smallest absolute Gasteiger partial charge is 0.270 e. The lowest BCUT2D eigenvalue weighted by Gasteiger charge is -2.08. The highest BCUT2D eigenvalue weighted by atomic mass is 32.2. The van der Waals surface area contributed by atoms with Gasteiger partial charge in [-0.1, -0.05) is 17.8 Å². The summed E-state index contributed by atoms with van der Waals surface area (Å²) in [6.07, 6.45) is 1.87. The maximum Gasteiger partial charge on any atom is 0.270 e. The number of nitrogens with zero attached hydrogens (tertiary/aromatic N) is 3. The Balaban J connectivity index is 1.57. The van der Waals surface area contributed by atoms with E-state index < -0.39 is 4.92 Å². The van der Waals surface area contributed by atoms with E-state index in [4.69, 9.17) is 12.2 Å². The van der Waals surface area contributed by atoms with Gasteiger partial charge >= 0.3 is 0 Å². The summed E-state index contributed by atoms with van der Waals surface area (Å²) in [5.74, 6) is 0.840. The predicted molar refractivity (Wildman–Crippen MR) is 121 cm³/mol. The lowest BCUT2D eigenvalue weighted by molar-refractivity contribution is -0.384. The van der Waals surface area contributed by atoms with E-state index in [0.717, 1.165) is 36.2 Å². The van der Waals surface area contributed by atoms with Crippen LogP contribution in [-0.4, -0.2) is 20.2 Å². The molecule has 0 aliphatic rings. The molecule has 0 spiro atoms. The third-order valence-electron chi connectivity index (χ3n) is 4.00. The summed E-state index contributed by atoms with van der Waals surface area (Å²) in [4.78, 5) is 15.2. The molecule has 0 fully saturated rings. The Labute approximate surface area is 177 Å². The molecular weight excluding hydrogens is 432 g/mol. The maximum absolute atomic E-state index is 11.0. The zero-order valence-electron chi connectivity index (χ0n) is 14.5. The molecule has 0 bridgehead atoms. The Bertz CT molecular complexity index is 1260. The van der Waals surface area contributed by atoms with Gasteiger partial charge in [0.2, 0.25) is 0 Å². The minimum Gasteiger partial charge on any atom is -0.367 e. The molecule has 0 aliphatic carbocycles. The molecule has 1 N–H and O–H groups in total. The summed E-state index contributed by atoms with van der Waals surface area (Å²) in [7, 11) is 0. The van der Waals surface area contributed by atoms with Crippen LogP contribution in [-0.2, 0) is 6.67 Å². The number of aromatic nitrogens is 2. The van der Waals surface area contributed by atoms with E-state index >= 15 is 0 Å². The number of hydrogen-bond acceptors (Lipinski definition) is 8. The van der Waals surface area contributed by atoms with Gasteiger partial charge in [0, 0.05) is 23.6 Å². The first-order valence-corrected chi connectivity index (χ1v) is 11.2. The number of anilines is 1. The van der Waals surface area contributed by atoms with Crippen LogP contribution in [0.2, 0.25) is 0 Å². The average Bonchev–Trinajstić information content (AvgIpc) is 3.23. The first-order chi connectivity index (χ1) is 13.5. The molecule has 28 heavy (non-hydrogen) atoms. The molecule has 0 aliphatic heterocycles. The fraction of sp³-hybridized carbons (Fsp3) is 0.111. The van der Waals surface area contributed by atoms with Gasteiger partial charge in [0.1, 0.15) is 0 Å². The highest BCUT2D eigenvalue weighted by Crippen LogP contribution is 2.32. The van der Waals surface area contributed by atoms with Crippen molar-refractivity contribution in [2.45, 2.75) is 11.0 Å². The maximum atomic E-state index is 11.0. The Hall–Kier alpha value is -2.27. The summed E-state index contributed by atoms with van der Waals surface area (Å²) < 4.78 is 5.57. The lowest BCUT2D eigenvalue weighted by atomic mass is 10.3. The van der Waals surface area contributed by atoms with Gasteiger partial charge in [-0.2, -0.15) is 0 Å². The fourth-order valence-corrected chi connectivity index (χ4v) is 5.92. The van der Waals surface area contributed by atoms with Crippen molar-refractivity contribution >= 4 is 78.5 Å². The second-order valence-corrected chi connectivity index (χ2v) is 9.78. The Morgan fingerprint density at radius 3 is 2.93 bits per heavy atom. The third-order valence-corrected chi connectivity index (χ3v) is 7.57. The minimum atomic E-state index is -0.392. The second kappa shape index (κ2) is 8.00. The number of fused-ring (bicyclic) bond motifs is 2. The summed E-state index contributed by atoms with van der Waals surface area (Å²) in [6, 6.07) is 10.9. The monoisotopic (exact) mass is 446 g/mol. The average molecular weight is 447 g/mol. The van der Waals surface area contributed by atoms with Crippen molar-refractivity contribution in [1.82, 2.24) is 9.55 Å². The molecule has 0 atom stereocenters. The van der Waals surface area contributed by atoms with E-state index in [0.29, 0.717) is 10.6 Å². The number of nitro benzene ring substituents is 1. The normalized spacial score (nSPS) is 11.1. The molecule has 0 radical (unpaired) electrons. The van der Waals surface area contributed by atoms with Crippen LogP contribution < -0.4 is 5.32 Å². The van der Waals surface area contributed by atoms with Crippen molar-refractivity contribution in [3.63, 3.8) is 0 Å². The van der Waals surface area contributed by atoms with Gasteiger partial charge in [0.15, 0.2) is 8.29 Å². The van der Waals surface area contributed by atoms with Crippen molar-refractivity contribution in [3.8, 4) is 0 Å². The zero-order chi connectivity index (χ0) is 19.7. The number of non-ortho nitro benzene ring substituents is 1. The number of hydrogen-bond donors (Lipinski definition) is 1. The summed E-state index contributed by atoms with van der Waals surface area (Å²) in [5, 5.41) is 14.4. The van der Waals surface area contributed by atoms with Crippen LogP contribution in [0.3, 0.4) is 0 Å². The molecule has 2 aromatic carbocycles. The van der Waals surface area contributed by atoms with Crippen molar-refractivity contribution < 1.29 is 4.92 Å². The Morgan fingerprint density at radius 2 is 2.14 bits per heavy atom. The fourth-order valence-electron chi connectivity index (χ4n) is 2.69. The SMILES string of the molecule is C=CCSc1nc2ccc(NCn3c(=S)sc4cc([N+](=O)[O-])ccc43)cc2s1. The van der Waals surface area contributed by atoms with Crippen LogP contribution >= 0.6 is 46.7 Å². The second-order valence-electron chi connectivity index (χ2n) is 5.80. The molecule has 0 amide bonds. The van der Waals surface area contributed by atoms with E-state index in [2.05, 4.69) is 22.9 Å². The van der Waals surface area contributed by atoms with Gasteiger partial charge in [0.25, 0.3) is 5.69 Å². The largest absolute Gasteiger partial charge is 0.367 e. The first kappa shape index (κ1) is 19.1. The van der Waals surface area contributed by atoms with Crippen molar-refractivity contribution in [2.24, 2.45) is 0 Å². The summed E-state index contributed by atoms with van der Waals surface area (Å²) in [5.41, 5.74) is 2.91. The number of rotatable bonds is 7. The van der Waals surface area contributed by atoms with Crippen LogP contribution in [0.15, 0.2) is 53.4 Å². The molecule has 2 aromatic heterocycles. The molecule has 2 heterocycles. The molecule has 0 saturated heterocycles. The van der Waals surface area contributed by atoms with Crippen molar-refractivity contribution in [1.29, 1.82) is 0 Å². The van der Waals surface area contributed by atoms with E-state index in [1.54, 1.807) is 35.2 Å². The molecule has 0 saturated carbocycles. The number of thioether (sulfide) groups is 1. The van der Waals surface area contributed by atoms with E-state index in [1.807, 2.05) is 22.8 Å². The lowest BCUT2D eigenvalue weighted by Crippen LogP contribution is -2.07. The van der Waals surface area contributed by atoms with E-state index in [-0.39, 0.29) is 5.69 Å². The molecule has 0 unspecified atom stereocenters. The van der Waals surface area contributed by atoms with Crippen LogP contribution in [0.4, 0.5) is 11.4 Å². The van der Waals surface area contributed by atoms with Gasteiger partial charge in [-0.3, -0.25) is 10.1 Å². The number of nitrogens with one attached hydrogen (secondary N) is 1. The molecule has 6 nitrogen and oxygen atoms in total. The number of nitro groups is 1. The third kappa shape index (κ3) is 3.81. The van der Waals surface area contributed by atoms with Crippen molar-refractivity contribution in [3.05, 3.63) is 63.1 Å². The van der Waals surface area contributed by atoms with Crippen LogP contribution in [0.25, 0.3) is 20.4 Å². The van der Waals surface area contributed by atoms with Gasteiger partial charge in [-0.15, -0.1) is 29.3 Å². The minimum absolute atomic E-state index is 0.0737. The number of thiazole rings is 2. The van der Waals surface area contributed by atoms with Gasteiger partial charge in [-0.25, -0.2) is 4.98 Å². The quantitative estimate of drug-likeness (QED) is 0.118. The van der Waals surface area contributed by atoms with Gasteiger partial charge in [-0.05, 0) is 36.5 Å². The van der Waals surface area contributed by atoms with Gasteiger partial charge < -0.3 is 9.88 Å². The molecule has 4 rings (SSSR count). The van der Waals surface area contributed by atoms with E-state index in [9.17, 15) is 10.1 Å². The van der Waals surface area contributed by atoms with E-state index in [1.165, 1.54) is 17.4 Å². The standard InChI is InChI=1S/C18H14N4O2S4/c1-2-7-26-17-20-13-5-3-11(8-15(13)27-17)19-10-21-14-6-4-12(22(23)24)9-16(14)28-18(21)25/h2-6,8-9,19H,1,7,10H2. The zero-order valence-corrected chi connectivity index (χ0v) is 17.7. The molecule has 10 heteroatoms. The molecular formula is C18H14N4O2S4. The Kier molecular flexibility index (Phi) is 5.44. The van der Waals surface area contributed by atoms with Crippen LogP contribution in [0.5, 0.6) is 0 Å². The first-order valence-electron chi connectivity index (χ1n) is 8.21. The predicted octanol–water partition coefficient (Wildman–Crippen LogP) is 6.30. The van der Waals surface area contributed by atoms with Crippen molar-refractivity contribution in [2.75, 3.05) is 11.1 Å². The molecule has 142 valence electrons. The van der Waals surface area contributed by atoms with Crippen LogP contribution in [0, 0.1) is 14.1 Å². The summed E-state index contributed by atoms with van der Waals surface area (Å²) >= 11 is 10.2. The highest BCUT2D eigenvalue weighted by Gasteiger charge is 2.11. The Morgan fingerprint density at radius 1 is 1.29 bits per heavy atom. The number of benzene rings is 2. The van der Waals surface area contributed by atoms with Gasteiger partial charge in [0.05, 0.1) is 32.0 Å². The summed E-state index contributed by atoms with van der Waals surface area (Å²) in [6.45, 7) is 4.22. The van der Waals surface area contributed by atoms with Crippen LogP contribution in [0.1, 0.15) is 0 Å². The molecule has 4 aromatic rings. The topological polar surface area (TPSA) is 73.0 Å². The highest BCUT2D eigenvalue weighted by molar-refractivity contribution is 8.01.